The summed E-state index contributed by atoms with van der Waals surface area (Å²) < 4.78 is 7.59. The van der Waals surface area contributed by atoms with Gasteiger partial charge in [0, 0.05) is 15.0 Å². The number of amides is 1. The quantitative estimate of drug-likeness (QED) is 0.662. The van der Waals surface area contributed by atoms with Crippen LogP contribution in [0.15, 0.2) is 37.0 Å². The third kappa shape index (κ3) is 3.39. The molecule has 0 atom stereocenters. The zero-order chi connectivity index (χ0) is 14.0. The number of anilines is 1. The van der Waals surface area contributed by atoms with Gasteiger partial charge in [-0.25, -0.2) is 0 Å². The summed E-state index contributed by atoms with van der Waals surface area (Å²) in [5.74, 6) is 0.496. The van der Waals surface area contributed by atoms with Crippen molar-refractivity contribution in [2.45, 2.75) is 0 Å². The van der Waals surface area contributed by atoms with Crippen LogP contribution >= 0.6 is 59.1 Å². The van der Waals surface area contributed by atoms with E-state index in [1.165, 1.54) is 11.3 Å². The van der Waals surface area contributed by atoms with E-state index in [1.54, 1.807) is 13.2 Å². The lowest BCUT2D eigenvalue weighted by Crippen LogP contribution is -2.11. The second-order valence-corrected chi connectivity index (χ2v) is 7.00. The molecule has 3 nitrogen and oxygen atoms in total. The summed E-state index contributed by atoms with van der Waals surface area (Å²) in [6.07, 6.45) is 0. The number of ether oxygens (including phenoxy) is 1. The molecule has 1 aromatic carbocycles. The highest BCUT2D eigenvalue weighted by atomic mass is 79.9. The number of benzene rings is 1. The topological polar surface area (TPSA) is 38.3 Å². The Labute approximate surface area is 139 Å². The third-order valence-corrected chi connectivity index (χ3v) is 5.43. The van der Waals surface area contributed by atoms with Gasteiger partial charge in [0.2, 0.25) is 0 Å². The molecule has 0 bridgehead atoms. The molecule has 0 spiro atoms. The van der Waals surface area contributed by atoms with E-state index in [0.717, 1.165) is 13.4 Å². The van der Waals surface area contributed by atoms with E-state index in [2.05, 4.69) is 53.1 Å². The standard InChI is InChI=1S/C12H8Br3NO2S/c1-18-10-5-9(7(14)4-8(10)15)16-12(17)11-6(13)2-3-19-11/h2-5H,1H3,(H,16,17). The molecule has 0 fully saturated rings. The summed E-state index contributed by atoms with van der Waals surface area (Å²) in [7, 11) is 1.58. The SMILES string of the molecule is COc1cc(NC(=O)c2sccc2Br)c(Br)cc1Br. The van der Waals surface area contributed by atoms with E-state index in [1.807, 2.05) is 17.5 Å². The highest BCUT2D eigenvalue weighted by Crippen LogP contribution is 2.35. The molecular weight excluding hydrogens is 462 g/mol. The van der Waals surface area contributed by atoms with E-state index in [9.17, 15) is 4.79 Å². The molecule has 0 saturated heterocycles. The van der Waals surface area contributed by atoms with Crippen LogP contribution in [0, 0.1) is 0 Å². The summed E-state index contributed by atoms with van der Waals surface area (Å²) in [5, 5.41) is 4.71. The average molecular weight is 470 g/mol. The lowest BCUT2D eigenvalue weighted by molar-refractivity contribution is 0.103. The van der Waals surface area contributed by atoms with Gasteiger partial charge in [-0.05, 0) is 65.3 Å². The summed E-state index contributed by atoms with van der Waals surface area (Å²) in [4.78, 5) is 12.8. The molecule has 19 heavy (non-hydrogen) atoms. The van der Waals surface area contributed by atoms with E-state index < -0.39 is 0 Å². The first-order valence-electron chi connectivity index (χ1n) is 5.10. The van der Waals surface area contributed by atoms with Crippen molar-refractivity contribution in [2.24, 2.45) is 0 Å². The van der Waals surface area contributed by atoms with E-state index in [-0.39, 0.29) is 5.91 Å². The molecule has 0 unspecified atom stereocenters. The van der Waals surface area contributed by atoms with E-state index in [0.29, 0.717) is 16.3 Å². The summed E-state index contributed by atoms with van der Waals surface area (Å²) in [5.41, 5.74) is 0.658. The van der Waals surface area contributed by atoms with Gasteiger partial charge in [0.1, 0.15) is 10.6 Å². The zero-order valence-electron chi connectivity index (χ0n) is 9.67. The number of methoxy groups -OCH3 is 1. The van der Waals surface area contributed by atoms with Crippen molar-refractivity contribution in [2.75, 3.05) is 12.4 Å². The molecule has 1 aromatic heterocycles. The Morgan fingerprint density at radius 2 is 1.95 bits per heavy atom. The van der Waals surface area contributed by atoms with Crippen LogP contribution in [-0.2, 0) is 0 Å². The fourth-order valence-electron chi connectivity index (χ4n) is 1.42. The number of nitrogens with one attached hydrogen (secondary N) is 1. The van der Waals surface area contributed by atoms with Gasteiger partial charge < -0.3 is 10.1 Å². The molecule has 0 aliphatic carbocycles. The summed E-state index contributed by atoms with van der Waals surface area (Å²) in [6, 6.07) is 5.43. The molecular formula is C12H8Br3NO2S. The number of halogens is 3. The van der Waals surface area contributed by atoms with Crippen molar-refractivity contribution in [3.8, 4) is 5.75 Å². The number of thiophene rings is 1. The number of hydrogen-bond donors (Lipinski definition) is 1. The van der Waals surface area contributed by atoms with Gasteiger partial charge in [-0.15, -0.1) is 11.3 Å². The minimum absolute atomic E-state index is 0.160. The second kappa shape index (κ2) is 6.39. The molecule has 1 amide bonds. The monoisotopic (exact) mass is 467 g/mol. The first-order valence-corrected chi connectivity index (χ1v) is 8.36. The van der Waals surface area contributed by atoms with Crippen LogP contribution in [0.4, 0.5) is 5.69 Å². The number of rotatable bonds is 3. The maximum atomic E-state index is 12.1. The van der Waals surface area contributed by atoms with E-state index in [4.69, 9.17) is 4.74 Å². The van der Waals surface area contributed by atoms with Crippen molar-refractivity contribution in [1.82, 2.24) is 0 Å². The third-order valence-electron chi connectivity index (χ3n) is 2.31. The maximum absolute atomic E-state index is 12.1. The zero-order valence-corrected chi connectivity index (χ0v) is 15.2. The van der Waals surface area contributed by atoms with E-state index >= 15 is 0 Å². The molecule has 7 heteroatoms. The second-order valence-electron chi connectivity index (χ2n) is 3.52. The van der Waals surface area contributed by atoms with Crippen LogP contribution in [0.2, 0.25) is 0 Å². The Bertz CT molecular complexity index is 627. The Balaban J connectivity index is 2.29. The molecule has 0 saturated carbocycles. The van der Waals surface area contributed by atoms with Crippen molar-refractivity contribution in [1.29, 1.82) is 0 Å². The molecule has 1 heterocycles. The van der Waals surface area contributed by atoms with Crippen LogP contribution in [0.5, 0.6) is 5.75 Å². The van der Waals surface area contributed by atoms with Crippen LogP contribution in [0.3, 0.4) is 0 Å². The highest BCUT2D eigenvalue weighted by molar-refractivity contribution is 9.11. The average Bonchev–Trinajstić information content (AvgIpc) is 2.79. The minimum atomic E-state index is -0.160. The molecule has 0 aliphatic heterocycles. The van der Waals surface area contributed by atoms with Gasteiger partial charge in [0.05, 0.1) is 17.3 Å². The molecule has 2 aromatic rings. The smallest absolute Gasteiger partial charge is 0.266 e. The van der Waals surface area contributed by atoms with Crippen molar-refractivity contribution >= 4 is 70.7 Å². The number of carbonyl (C=O) groups is 1. The lowest BCUT2D eigenvalue weighted by Gasteiger charge is -2.10. The Hall–Kier alpha value is -0.370. The fourth-order valence-corrected chi connectivity index (χ4v) is 4.12. The van der Waals surface area contributed by atoms with Gasteiger partial charge in [0.15, 0.2) is 0 Å². The molecule has 2 rings (SSSR count). The minimum Gasteiger partial charge on any atom is -0.495 e. The first-order chi connectivity index (χ1) is 9.02. The predicted octanol–water partition coefficient (Wildman–Crippen LogP) is 5.30. The van der Waals surface area contributed by atoms with Crippen molar-refractivity contribution < 1.29 is 9.53 Å². The first kappa shape index (κ1) is 15.0. The fraction of sp³-hybridized carbons (Fsp3) is 0.0833. The van der Waals surface area contributed by atoms with Crippen LogP contribution in [-0.4, -0.2) is 13.0 Å². The van der Waals surface area contributed by atoms with Crippen LogP contribution in [0.25, 0.3) is 0 Å². The van der Waals surface area contributed by atoms with Crippen molar-refractivity contribution in [3.05, 3.63) is 41.9 Å². The number of carbonyl (C=O) groups excluding carboxylic acids is 1. The largest absolute Gasteiger partial charge is 0.495 e. The molecule has 100 valence electrons. The predicted molar refractivity (Wildman–Crippen MR) is 88.4 cm³/mol. The Morgan fingerprint density at radius 1 is 1.21 bits per heavy atom. The van der Waals surface area contributed by atoms with Gasteiger partial charge in [-0.3, -0.25) is 4.79 Å². The molecule has 0 aliphatic rings. The lowest BCUT2D eigenvalue weighted by atomic mass is 10.3. The molecule has 1 N–H and O–H groups in total. The van der Waals surface area contributed by atoms with Crippen LogP contribution in [0.1, 0.15) is 9.67 Å². The Kier molecular flexibility index (Phi) is 5.05. The summed E-state index contributed by atoms with van der Waals surface area (Å²) >= 11 is 11.5. The Morgan fingerprint density at radius 3 is 2.53 bits per heavy atom. The maximum Gasteiger partial charge on any atom is 0.266 e. The van der Waals surface area contributed by atoms with Gasteiger partial charge in [0.25, 0.3) is 5.91 Å². The van der Waals surface area contributed by atoms with Gasteiger partial charge in [-0.1, -0.05) is 0 Å². The van der Waals surface area contributed by atoms with Gasteiger partial charge >= 0.3 is 0 Å². The van der Waals surface area contributed by atoms with Crippen molar-refractivity contribution in [3.63, 3.8) is 0 Å². The summed E-state index contributed by atoms with van der Waals surface area (Å²) in [6.45, 7) is 0. The highest BCUT2D eigenvalue weighted by Gasteiger charge is 2.14. The molecule has 0 radical (unpaired) electrons. The normalized spacial score (nSPS) is 10.3. The van der Waals surface area contributed by atoms with Crippen LogP contribution < -0.4 is 10.1 Å². The van der Waals surface area contributed by atoms with Gasteiger partial charge in [-0.2, -0.15) is 0 Å². The number of hydrogen-bond acceptors (Lipinski definition) is 3.